The summed E-state index contributed by atoms with van der Waals surface area (Å²) in [6, 6.07) is 28.3. The Morgan fingerprint density at radius 1 is 0.800 bits per heavy atom. The lowest BCUT2D eigenvalue weighted by Crippen LogP contribution is -2.09. The summed E-state index contributed by atoms with van der Waals surface area (Å²) in [4.78, 5) is 4.90. The molecule has 0 N–H and O–H groups in total. The van der Waals surface area contributed by atoms with Gasteiger partial charge in [-0.25, -0.2) is 4.99 Å². The summed E-state index contributed by atoms with van der Waals surface area (Å²) in [7, 11) is 1.66. The molecule has 4 rings (SSSR count). The van der Waals surface area contributed by atoms with Crippen molar-refractivity contribution in [2.75, 3.05) is 7.11 Å². The number of benzene rings is 3. The van der Waals surface area contributed by atoms with Crippen LogP contribution < -0.4 is 4.74 Å². The van der Waals surface area contributed by atoms with E-state index in [1.807, 2.05) is 60.7 Å². The number of aliphatic imine (C=N–C) groups is 1. The van der Waals surface area contributed by atoms with E-state index < -0.39 is 0 Å². The molecule has 1 aliphatic rings. The van der Waals surface area contributed by atoms with Crippen LogP contribution in [0.3, 0.4) is 0 Å². The van der Waals surface area contributed by atoms with E-state index in [9.17, 15) is 0 Å². The summed E-state index contributed by atoms with van der Waals surface area (Å²) >= 11 is 0. The topological polar surface area (TPSA) is 30.8 Å². The first-order valence-corrected chi connectivity index (χ1v) is 8.34. The smallest absolute Gasteiger partial charge is 0.217 e. The van der Waals surface area contributed by atoms with Crippen LogP contribution in [0.2, 0.25) is 0 Å². The molecular weight excluding hydrogens is 310 g/mol. The SMILES string of the molecule is COc1cccc(C2=NC(c3ccccc3)C(c3ccccc3)O2)c1. The van der Waals surface area contributed by atoms with Gasteiger partial charge in [0, 0.05) is 5.56 Å². The molecule has 25 heavy (non-hydrogen) atoms. The number of nitrogens with zero attached hydrogens (tertiary/aromatic N) is 1. The third-order valence-corrected chi connectivity index (χ3v) is 4.37. The molecular formula is C22H19NO2. The predicted molar refractivity (Wildman–Crippen MR) is 99.0 cm³/mol. The minimum Gasteiger partial charge on any atom is -0.497 e. The summed E-state index contributed by atoms with van der Waals surface area (Å²) in [6.45, 7) is 0. The number of rotatable bonds is 4. The summed E-state index contributed by atoms with van der Waals surface area (Å²) in [5, 5.41) is 0. The highest BCUT2D eigenvalue weighted by atomic mass is 16.5. The van der Waals surface area contributed by atoms with Crippen LogP contribution in [0.4, 0.5) is 0 Å². The lowest BCUT2D eigenvalue weighted by molar-refractivity contribution is 0.197. The monoisotopic (exact) mass is 329 g/mol. The zero-order valence-corrected chi connectivity index (χ0v) is 14.0. The highest BCUT2D eigenvalue weighted by molar-refractivity contribution is 5.96. The van der Waals surface area contributed by atoms with Crippen LogP contribution in [0, 0.1) is 0 Å². The fraction of sp³-hybridized carbons (Fsp3) is 0.136. The highest BCUT2D eigenvalue weighted by Crippen LogP contribution is 2.41. The Morgan fingerprint density at radius 3 is 2.16 bits per heavy atom. The Labute approximate surface area is 147 Å². The molecule has 0 saturated heterocycles. The van der Waals surface area contributed by atoms with Crippen molar-refractivity contribution in [1.29, 1.82) is 0 Å². The van der Waals surface area contributed by atoms with Crippen molar-refractivity contribution in [2.45, 2.75) is 12.1 Å². The molecule has 2 atom stereocenters. The number of ether oxygens (including phenoxy) is 2. The minimum atomic E-state index is -0.134. The van der Waals surface area contributed by atoms with Gasteiger partial charge < -0.3 is 9.47 Å². The van der Waals surface area contributed by atoms with Crippen LogP contribution in [0.5, 0.6) is 5.75 Å². The van der Waals surface area contributed by atoms with Crippen LogP contribution in [0.1, 0.15) is 28.8 Å². The molecule has 0 radical (unpaired) electrons. The van der Waals surface area contributed by atoms with Gasteiger partial charge in [-0.1, -0.05) is 66.7 Å². The van der Waals surface area contributed by atoms with E-state index in [0.29, 0.717) is 5.90 Å². The van der Waals surface area contributed by atoms with E-state index in [0.717, 1.165) is 22.4 Å². The Bertz CT molecular complexity index is 875. The fourth-order valence-corrected chi connectivity index (χ4v) is 3.10. The Balaban J connectivity index is 1.74. The lowest BCUT2D eigenvalue weighted by atomic mass is 9.97. The Kier molecular flexibility index (Phi) is 4.21. The molecule has 1 aliphatic heterocycles. The maximum atomic E-state index is 6.29. The molecule has 0 aromatic heterocycles. The van der Waals surface area contributed by atoms with Gasteiger partial charge in [-0.15, -0.1) is 0 Å². The summed E-state index contributed by atoms with van der Waals surface area (Å²) in [6.07, 6.45) is -0.134. The molecule has 3 heteroatoms. The van der Waals surface area contributed by atoms with Gasteiger partial charge in [-0.2, -0.15) is 0 Å². The third kappa shape index (κ3) is 3.13. The molecule has 2 unspecified atom stereocenters. The molecule has 3 nitrogen and oxygen atoms in total. The van der Waals surface area contributed by atoms with Gasteiger partial charge in [-0.3, -0.25) is 0 Å². The van der Waals surface area contributed by atoms with E-state index >= 15 is 0 Å². The normalized spacial score (nSPS) is 19.2. The van der Waals surface area contributed by atoms with Gasteiger partial charge in [0.15, 0.2) is 6.10 Å². The fourth-order valence-electron chi connectivity index (χ4n) is 3.10. The van der Waals surface area contributed by atoms with Crippen molar-refractivity contribution in [2.24, 2.45) is 4.99 Å². The largest absolute Gasteiger partial charge is 0.497 e. The minimum absolute atomic E-state index is 0.0650. The molecule has 0 fully saturated rings. The number of hydrogen-bond donors (Lipinski definition) is 0. The van der Waals surface area contributed by atoms with E-state index in [4.69, 9.17) is 14.5 Å². The zero-order chi connectivity index (χ0) is 17.1. The second-order valence-corrected chi connectivity index (χ2v) is 5.97. The van der Waals surface area contributed by atoms with Gasteiger partial charge in [-0.05, 0) is 29.3 Å². The molecule has 3 aromatic carbocycles. The highest BCUT2D eigenvalue weighted by Gasteiger charge is 2.34. The van der Waals surface area contributed by atoms with Crippen molar-refractivity contribution in [3.63, 3.8) is 0 Å². The predicted octanol–water partition coefficient (Wildman–Crippen LogP) is 4.95. The molecule has 0 bridgehead atoms. The van der Waals surface area contributed by atoms with Crippen molar-refractivity contribution in [3.8, 4) is 5.75 Å². The van der Waals surface area contributed by atoms with Gasteiger partial charge in [0.1, 0.15) is 11.8 Å². The molecule has 1 heterocycles. The van der Waals surface area contributed by atoms with Gasteiger partial charge in [0.25, 0.3) is 0 Å². The lowest BCUT2D eigenvalue weighted by Gasteiger charge is -2.18. The Hall–Kier alpha value is -3.07. The first-order chi connectivity index (χ1) is 12.3. The molecule has 0 aliphatic carbocycles. The van der Waals surface area contributed by atoms with E-state index in [1.54, 1.807) is 7.11 Å². The van der Waals surface area contributed by atoms with E-state index in [-0.39, 0.29) is 12.1 Å². The van der Waals surface area contributed by atoms with Crippen molar-refractivity contribution >= 4 is 5.90 Å². The first-order valence-electron chi connectivity index (χ1n) is 8.34. The maximum absolute atomic E-state index is 6.29. The molecule has 0 saturated carbocycles. The third-order valence-electron chi connectivity index (χ3n) is 4.37. The standard InChI is InChI=1S/C22H19NO2/c1-24-19-14-8-13-18(15-19)22-23-20(16-9-4-2-5-10-16)21(25-22)17-11-6-3-7-12-17/h2-15,20-21H,1H3. The van der Waals surface area contributed by atoms with Crippen molar-refractivity contribution < 1.29 is 9.47 Å². The molecule has 0 spiro atoms. The van der Waals surface area contributed by atoms with Gasteiger partial charge in [0.2, 0.25) is 5.90 Å². The second-order valence-electron chi connectivity index (χ2n) is 5.97. The van der Waals surface area contributed by atoms with E-state index in [1.165, 1.54) is 0 Å². The molecule has 124 valence electrons. The summed E-state index contributed by atoms with van der Waals surface area (Å²) < 4.78 is 11.6. The number of methoxy groups -OCH3 is 1. The average Bonchev–Trinajstić information content (AvgIpc) is 3.15. The van der Waals surface area contributed by atoms with E-state index in [2.05, 4.69) is 24.3 Å². The summed E-state index contributed by atoms with van der Waals surface area (Å²) in [5.74, 6) is 1.45. The summed E-state index contributed by atoms with van der Waals surface area (Å²) in [5.41, 5.74) is 3.20. The van der Waals surface area contributed by atoms with Crippen molar-refractivity contribution in [1.82, 2.24) is 0 Å². The molecule has 3 aromatic rings. The van der Waals surface area contributed by atoms with Crippen LogP contribution in [-0.2, 0) is 4.74 Å². The quantitative estimate of drug-likeness (QED) is 0.678. The maximum Gasteiger partial charge on any atom is 0.217 e. The second kappa shape index (κ2) is 6.81. The number of hydrogen-bond acceptors (Lipinski definition) is 3. The van der Waals surface area contributed by atoms with Crippen LogP contribution >= 0.6 is 0 Å². The zero-order valence-electron chi connectivity index (χ0n) is 14.0. The van der Waals surface area contributed by atoms with Crippen molar-refractivity contribution in [3.05, 3.63) is 102 Å². The van der Waals surface area contributed by atoms with Crippen LogP contribution in [-0.4, -0.2) is 13.0 Å². The van der Waals surface area contributed by atoms with Crippen LogP contribution in [0.25, 0.3) is 0 Å². The average molecular weight is 329 g/mol. The Morgan fingerprint density at radius 2 is 1.48 bits per heavy atom. The molecule has 0 amide bonds. The first kappa shape index (κ1) is 15.5. The van der Waals surface area contributed by atoms with Gasteiger partial charge >= 0.3 is 0 Å². The van der Waals surface area contributed by atoms with Gasteiger partial charge in [0.05, 0.1) is 7.11 Å². The van der Waals surface area contributed by atoms with Crippen LogP contribution in [0.15, 0.2) is 89.9 Å².